The van der Waals surface area contributed by atoms with E-state index in [1.54, 1.807) is 7.11 Å². The van der Waals surface area contributed by atoms with Gasteiger partial charge in [0, 0.05) is 10.9 Å². The molecule has 0 aliphatic rings. The van der Waals surface area contributed by atoms with Crippen LogP contribution in [0.5, 0.6) is 5.75 Å². The molecule has 16 heavy (non-hydrogen) atoms. The first-order valence-corrected chi connectivity index (χ1v) is 5.40. The lowest BCUT2D eigenvalue weighted by molar-refractivity contribution is 0.416. The van der Waals surface area contributed by atoms with Gasteiger partial charge in [-0.2, -0.15) is 0 Å². The minimum atomic E-state index is 0.399. The van der Waals surface area contributed by atoms with E-state index in [0.717, 1.165) is 17.0 Å². The molecule has 1 aromatic carbocycles. The van der Waals surface area contributed by atoms with Crippen LogP contribution in [0.3, 0.4) is 0 Å². The molecule has 4 nitrogen and oxygen atoms in total. The average molecular weight is 232 g/mol. The Morgan fingerprint density at radius 3 is 3.00 bits per heavy atom. The molecule has 0 bridgehead atoms. The van der Waals surface area contributed by atoms with E-state index in [-0.39, 0.29) is 0 Å². The van der Waals surface area contributed by atoms with Crippen molar-refractivity contribution in [3.05, 3.63) is 29.6 Å². The molecular formula is C11H8N2O2S. The van der Waals surface area contributed by atoms with E-state index in [0.29, 0.717) is 5.13 Å². The van der Waals surface area contributed by atoms with Gasteiger partial charge in [0.05, 0.1) is 12.8 Å². The Morgan fingerprint density at radius 1 is 1.44 bits per heavy atom. The zero-order chi connectivity index (χ0) is 11.4. The van der Waals surface area contributed by atoms with Crippen LogP contribution in [0, 0.1) is 0 Å². The van der Waals surface area contributed by atoms with Crippen molar-refractivity contribution in [3.63, 3.8) is 0 Å². The number of methoxy groups -OCH3 is 1. The Morgan fingerprint density at radius 2 is 2.25 bits per heavy atom. The molecule has 0 saturated carbocycles. The number of thiazole rings is 1. The van der Waals surface area contributed by atoms with Crippen molar-refractivity contribution in [1.29, 1.82) is 0 Å². The zero-order valence-corrected chi connectivity index (χ0v) is 9.32. The standard InChI is InChI=1S/C11H8N2O2S/c1-15-10-5-3-2-4-8(10)9-6-16-11(13-9)12-7-14/h2-6H,1H3. The summed E-state index contributed by atoms with van der Waals surface area (Å²) in [6.45, 7) is 0. The first kappa shape index (κ1) is 10.5. The van der Waals surface area contributed by atoms with Gasteiger partial charge in [0.1, 0.15) is 5.75 Å². The van der Waals surface area contributed by atoms with Crippen molar-refractivity contribution in [2.75, 3.05) is 7.11 Å². The number of aromatic nitrogens is 1. The van der Waals surface area contributed by atoms with E-state index < -0.39 is 0 Å². The summed E-state index contributed by atoms with van der Waals surface area (Å²) in [5.41, 5.74) is 1.63. The van der Waals surface area contributed by atoms with Crippen LogP contribution in [0.4, 0.5) is 5.13 Å². The van der Waals surface area contributed by atoms with Gasteiger partial charge in [-0.3, -0.25) is 0 Å². The van der Waals surface area contributed by atoms with Crippen molar-refractivity contribution in [1.82, 2.24) is 4.98 Å². The van der Waals surface area contributed by atoms with E-state index in [4.69, 9.17) is 4.74 Å². The molecule has 0 radical (unpaired) electrons. The van der Waals surface area contributed by atoms with Crippen LogP contribution in [0.25, 0.3) is 11.3 Å². The minimum absolute atomic E-state index is 0.399. The van der Waals surface area contributed by atoms with Gasteiger partial charge in [0.25, 0.3) is 0 Å². The summed E-state index contributed by atoms with van der Waals surface area (Å²) >= 11 is 1.29. The zero-order valence-electron chi connectivity index (χ0n) is 8.51. The Kier molecular flexibility index (Phi) is 3.10. The summed E-state index contributed by atoms with van der Waals surface area (Å²) in [5.74, 6) is 0.745. The first-order valence-electron chi connectivity index (χ1n) is 4.52. The summed E-state index contributed by atoms with van der Waals surface area (Å²) in [6, 6.07) is 7.55. The highest BCUT2D eigenvalue weighted by molar-refractivity contribution is 7.13. The molecule has 2 rings (SSSR count). The molecule has 0 spiro atoms. The number of hydrogen-bond donors (Lipinski definition) is 0. The van der Waals surface area contributed by atoms with E-state index in [9.17, 15) is 4.79 Å². The van der Waals surface area contributed by atoms with E-state index >= 15 is 0 Å². The highest BCUT2D eigenvalue weighted by Crippen LogP contribution is 2.32. The molecule has 1 heterocycles. The van der Waals surface area contributed by atoms with Crippen LogP contribution >= 0.6 is 11.3 Å². The first-order chi connectivity index (χ1) is 7.85. The number of carbonyl (C=O) groups excluding carboxylic acids is 1. The number of ether oxygens (including phenoxy) is 1. The number of para-hydroxylation sites is 1. The summed E-state index contributed by atoms with van der Waals surface area (Å²) in [4.78, 5) is 17.8. The van der Waals surface area contributed by atoms with Crippen LogP contribution in [-0.2, 0) is 4.79 Å². The second kappa shape index (κ2) is 4.70. The number of rotatable bonds is 3. The molecule has 0 aliphatic heterocycles. The number of aliphatic imine (C=N–C) groups is 1. The molecule has 1 aromatic heterocycles. The lowest BCUT2D eigenvalue weighted by Gasteiger charge is -2.04. The third-order valence-electron chi connectivity index (χ3n) is 2.02. The second-order valence-electron chi connectivity index (χ2n) is 2.92. The van der Waals surface area contributed by atoms with Gasteiger partial charge < -0.3 is 4.74 Å². The molecular weight excluding hydrogens is 224 g/mol. The van der Waals surface area contributed by atoms with E-state index in [1.807, 2.05) is 29.6 Å². The van der Waals surface area contributed by atoms with E-state index in [1.165, 1.54) is 17.4 Å². The summed E-state index contributed by atoms with van der Waals surface area (Å²) in [6.07, 6.45) is 1.47. The number of benzene rings is 1. The maximum absolute atomic E-state index is 10.1. The fourth-order valence-corrected chi connectivity index (χ4v) is 1.97. The maximum Gasteiger partial charge on any atom is 0.242 e. The van der Waals surface area contributed by atoms with Crippen LogP contribution in [-0.4, -0.2) is 18.2 Å². The number of isocyanates is 1. The van der Waals surface area contributed by atoms with Crippen LogP contribution in [0.2, 0.25) is 0 Å². The Balaban J connectivity index is 2.45. The second-order valence-corrected chi connectivity index (χ2v) is 3.76. The van der Waals surface area contributed by atoms with Crippen LogP contribution in [0.1, 0.15) is 0 Å². The van der Waals surface area contributed by atoms with Crippen molar-refractivity contribution in [2.24, 2.45) is 4.99 Å². The predicted molar refractivity (Wildman–Crippen MR) is 61.9 cm³/mol. The van der Waals surface area contributed by atoms with Gasteiger partial charge in [-0.1, -0.05) is 12.1 Å². The van der Waals surface area contributed by atoms with Crippen molar-refractivity contribution in [3.8, 4) is 17.0 Å². The maximum atomic E-state index is 10.1. The molecule has 0 amide bonds. The van der Waals surface area contributed by atoms with Crippen molar-refractivity contribution < 1.29 is 9.53 Å². The molecule has 0 fully saturated rings. The van der Waals surface area contributed by atoms with Gasteiger partial charge in [-0.05, 0) is 12.1 Å². The Labute approximate surface area is 96.2 Å². The lowest BCUT2D eigenvalue weighted by Crippen LogP contribution is -1.86. The van der Waals surface area contributed by atoms with Gasteiger partial charge in [-0.25, -0.2) is 9.78 Å². The predicted octanol–water partition coefficient (Wildman–Crippen LogP) is 2.79. The Bertz CT molecular complexity index is 544. The number of nitrogens with zero attached hydrogens (tertiary/aromatic N) is 2. The van der Waals surface area contributed by atoms with E-state index in [2.05, 4.69) is 9.98 Å². The van der Waals surface area contributed by atoms with Gasteiger partial charge in [0.15, 0.2) is 0 Å². The minimum Gasteiger partial charge on any atom is -0.496 e. The normalized spacial score (nSPS) is 9.56. The monoisotopic (exact) mass is 232 g/mol. The third-order valence-corrected chi connectivity index (χ3v) is 2.75. The molecule has 0 unspecified atom stereocenters. The fourth-order valence-electron chi connectivity index (χ4n) is 1.33. The number of hydrogen-bond acceptors (Lipinski definition) is 5. The molecule has 2 aromatic rings. The quantitative estimate of drug-likeness (QED) is 0.604. The van der Waals surface area contributed by atoms with Crippen LogP contribution in [0.15, 0.2) is 34.6 Å². The molecule has 0 aliphatic carbocycles. The topological polar surface area (TPSA) is 51.5 Å². The summed E-state index contributed by atoms with van der Waals surface area (Å²) < 4.78 is 5.23. The van der Waals surface area contributed by atoms with Crippen molar-refractivity contribution in [2.45, 2.75) is 0 Å². The van der Waals surface area contributed by atoms with Gasteiger partial charge in [0.2, 0.25) is 11.2 Å². The molecule has 0 saturated heterocycles. The highest BCUT2D eigenvalue weighted by atomic mass is 32.1. The molecule has 80 valence electrons. The largest absolute Gasteiger partial charge is 0.496 e. The molecule has 0 atom stereocenters. The summed E-state index contributed by atoms with van der Waals surface area (Å²) in [5, 5.41) is 2.23. The van der Waals surface area contributed by atoms with Crippen molar-refractivity contribution >= 4 is 22.5 Å². The Hall–Kier alpha value is -1.97. The van der Waals surface area contributed by atoms with Gasteiger partial charge in [-0.15, -0.1) is 16.3 Å². The molecule has 0 N–H and O–H groups in total. The summed E-state index contributed by atoms with van der Waals surface area (Å²) in [7, 11) is 1.61. The average Bonchev–Trinajstić information content (AvgIpc) is 2.78. The molecule has 5 heteroatoms. The smallest absolute Gasteiger partial charge is 0.242 e. The van der Waals surface area contributed by atoms with Crippen LogP contribution < -0.4 is 4.74 Å². The van der Waals surface area contributed by atoms with Gasteiger partial charge >= 0.3 is 0 Å². The SMILES string of the molecule is COc1ccccc1-c1csc(N=C=O)n1. The lowest BCUT2D eigenvalue weighted by atomic mass is 10.1. The highest BCUT2D eigenvalue weighted by Gasteiger charge is 2.08. The third kappa shape index (κ3) is 2.00. The fraction of sp³-hybridized carbons (Fsp3) is 0.0909.